The van der Waals surface area contributed by atoms with E-state index in [9.17, 15) is 9.59 Å². The number of rotatable bonds is 7. The monoisotopic (exact) mass is 540 g/mol. The number of pyridine rings is 1. The zero-order chi connectivity index (χ0) is 29.0. The van der Waals surface area contributed by atoms with E-state index in [0.717, 1.165) is 27.2 Å². The summed E-state index contributed by atoms with van der Waals surface area (Å²) in [5, 5.41) is 5.40. The lowest BCUT2D eigenvalue weighted by Crippen LogP contribution is -2.42. The maximum atomic E-state index is 13.0. The highest BCUT2D eigenvalue weighted by Gasteiger charge is 2.24. The van der Waals surface area contributed by atoms with Gasteiger partial charge in [0.1, 0.15) is 18.0 Å². The molecule has 40 heavy (non-hydrogen) atoms. The third kappa shape index (κ3) is 6.76. The number of hydrogen-bond acceptors (Lipinski definition) is 6. The van der Waals surface area contributed by atoms with Crippen molar-refractivity contribution in [3.63, 3.8) is 0 Å². The van der Waals surface area contributed by atoms with Crippen LogP contribution in [0.25, 0.3) is 10.8 Å². The van der Waals surface area contributed by atoms with Gasteiger partial charge in [-0.05, 0) is 80.5 Å². The van der Waals surface area contributed by atoms with E-state index in [-0.39, 0.29) is 18.3 Å². The molecular formula is C32H36N4O4. The summed E-state index contributed by atoms with van der Waals surface area (Å²) in [5.74, 6) is 7.11. The van der Waals surface area contributed by atoms with Crippen LogP contribution in [0, 0.1) is 6.92 Å². The van der Waals surface area contributed by atoms with E-state index in [1.807, 2.05) is 43.3 Å². The quantitative estimate of drug-likeness (QED) is 0.147. The van der Waals surface area contributed by atoms with Crippen LogP contribution in [0.15, 0.2) is 72.9 Å². The lowest BCUT2D eigenvalue weighted by Gasteiger charge is -2.24. The van der Waals surface area contributed by atoms with Crippen LogP contribution in [-0.4, -0.2) is 22.6 Å². The van der Waals surface area contributed by atoms with E-state index in [1.165, 1.54) is 5.56 Å². The molecule has 208 valence electrons. The molecule has 0 saturated carbocycles. The molecule has 0 spiro atoms. The summed E-state index contributed by atoms with van der Waals surface area (Å²) in [7, 11) is 0. The Balaban J connectivity index is 1.49. The summed E-state index contributed by atoms with van der Waals surface area (Å²) in [4.78, 5) is 29.9. The Labute approximate surface area is 235 Å². The molecule has 8 nitrogen and oxygen atoms in total. The van der Waals surface area contributed by atoms with Gasteiger partial charge in [-0.2, -0.15) is 5.01 Å². The van der Waals surface area contributed by atoms with Gasteiger partial charge in [-0.1, -0.05) is 50.2 Å². The SMILES string of the molecule is Cc1cc(NC(=O)c2cccc(OCc3cnc(N(N)C(=O)OC(C)(C)C)c4ccccc34)c2)ccc1C(C)C. The summed E-state index contributed by atoms with van der Waals surface area (Å²) < 4.78 is 11.5. The molecule has 4 rings (SSSR count). The fourth-order valence-corrected chi connectivity index (χ4v) is 4.43. The third-order valence-electron chi connectivity index (χ3n) is 6.32. The molecule has 0 unspecified atom stereocenters. The smallest absolute Gasteiger partial charge is 0.430 e. The Kier molecular flexibility index (Phi) is 8.40. The van der Waals surface area contributed by atoms with Crippen LogP contribution in [0.2, 0.25) is 0 Å². The molecule has 8 heteroatoms. The number of hydrogen-bond donors (Lipinski definition) is 2. The number of hydrazine groups is 1. The minimum absolute atomic E-state index is 0.200. The first-order valence-corrected chi connectivity index (χ1v) is 13.2. The molecule has 0 aliphatic heterocycles. The normalized spacial score (nSPS) is 11.4. The molecule has 3 N–H and O–H groups in total. The van der Waals surface area contributed by atoms with Crippen molar-refractivity contribution in [3.8, 4) is 5.75 Å². The third-order valence-corrected chi connectivity index (χ3v) is 6.32. The molecule has 4 aromatic rings. The first kappa shape index (κ1) is 28.6. The number of fused-ring (bicyclic) bond motifs is 1. The Hall–Kier alpha value is -4.43. The number of nitrogens with two attached hydrogens (primary N) is 1. The first-order chi connectivity index (χ1) is 18.9. The summed E-state index contributed by atoms with van der Waals surface area (Å²) in [5.41, 5.74) is 3.73. The van der Waals surface area contributed by atoms with Crippen molar-refractivity contribution in [1.29, 1.82) is 0 Å². The summed E-state index contributed by atoms with van der Waals surface area (Å²) >= 11 is 0. The highest BCUT2D eigenvalue weighted by Crippen LogP contribution is 2.28. The molecule has 2 amide bonds. The van der Waals surface area contributed by atoms with Gasteiger partial charge in [0.2, 0.25) is 0 Å². The van der Waals surface area contributed by atoms with E-state index < -0.39 is 11.7 Å². The van der Waals surface area contributed by atoms with Crippen LogP contribution in [0.3, 0.4) is 0 Å². The highest BCUT2D eigenvalue weighted by atomic mass is 16.6. The average molecular weight is 541 g/mol. The van der Waals surface area contributed by atoms with Crippen LogP contribution >= 0.6 is 0 Å². The molecule has 0 atom stereocenters. The number of nitrogens with one attached hydrogen (secondary N) is 1. The van der Waals surface area contributed by atoms with Gasteiger partial charge in [0.25, 0.3) is 5.91 Å². The van der Waals surface area contributed by atoms with Gasteiger partial charge in [0.15, 0.2) is 5.82 Å². The van der Waals surface area contributed by atoms with Gasteiger partial charge in [-0.3, -0.25) is 4.79 Å². The van der Waals surface area contributed by atoms with Crippen molar-refractivity contribution in [1.82, 2.24) is 4.98 Å². The number of aryl methyl sites for hydroxylation is 1. The molecule has 0 radical (unpaired) electrons. The zero-order valence-corrected chi connectivity index (χ0v) is 23.8. The van der Waals surface area contributed by atoms with Gasteiger partial charge in [-0.25, -0.2) is 15.6 Å². The Morgan fingerprint density at radius 1 is 1.00 bits per heavy atom. The Morgan fingerprint density at radius 3 is 2.40 bits per heavy atom. The molecule has 0 fully saturated rings. The maximum Gasteiger partial charge on any atom is 0.430 e. The molecule has 3 aromatic carbocycles. The number of anilines is 2. The van der Waals surface area contributed by atoms with Gasteiger partial charge in [0.05, 0.1) is 0 Å². The van der Waals surface area contributed by atoms with Crippen LogP contribution < -0.4 is 20.9 Å². The van der Waals surface area contributed by atoms with Crippen LogP contribution in [-0.2, 0) is 11.3 Å². The number of aromatic nitrogens is 1. The van der Waals surface area contributed by atoms with Gasteiger partial charge in [-0.15, -0.1) is 0 Å². The fraction of sp³-hybridized carbons (Fsp3) is 0.281. The molecule has 0 aliphatic rings. The topological polar surface area (TPSA) is 107 Å². The van der Waals surface area contributed by atoms with Gasteiger partial charge < -0.3 is 14.8 Å². The van der Waals surface area contributed by atoms with E-state index in [1.54, 1.807) is 51.2 Å². The number of ether oxygens (including phenoxy) is 2. The summed E-state index contributed by atoms with van der Waals surface area (Å²) in [6, 6.07) is 20.5. The standard InChI is InChI=1S/C32H36N4O4/c1-20(2)26-15-14-24(16-21(26)3)35-30(37)22-10-9-11-25(17-22)39-19-23-18-34-29(28-13-8-7-12-27(23)28)36(33)31(38)40-32(4,5)6/h7-18,20H,19,33H2,1-6H3,(H,35,37). The maximum absolute atomic E-state index is 13.0. The van der Waals surface area contributed by atoms with Gasteiger partial charge in [0, 0.05) is 28.4 Å². The minimum atomic E-state index is -0.699. The predicted molar refractivity (Wildman–Crippen MR) is 159 cm³/mol. The fourth-order valence-electron chi connectivity index (χ4n) is 4.43. The van der Waals surface area contributed by atoms with Crippen molar-refractivity contribution in [2.75, 3.05) is 10.3 Å². The molecule has 0 aliphatic carbocycles. The van der Waals surface area contributed by atoms with E-state index in [2.05, 4.69) is 30.2 Å². The lowest BCUT2D eigenvalue weighted by atomic mass is 9.97. The van der Waals surface area contributed by atoms with E-state index in [0.29, 0.717) is 22.6 Å². The molecule has 1 aromatic heterocycles. The number of amides is 2. The molecule has 1 heterocycles. The van der Waals surface area contributed by atoms with Crippen LogP contribution in [0.4, 0.5) is 16.3 Å². The Morgan fingerprint density at radius 2 is 1.73 bits per heavy atom. The zero-order valence-electron chi connectivity index (χ0n) is 23.8. The average Bonchev–Trinajstić information content (AvgIpc) is 2.90. The Bertz CT molecular complexity index is 1540. The second-order valence-electron chi connectivity index (χ2n) is 11.0. The molecular weight excluding hydrogens is 504 g/mol. The summed E-state index contributed by atoms with van der Waals surface area (Å²) in [6.45, 7) is 11.9. The first-order valence-electron chi connectivity index (χ1n) is 13.2. The largest absolute Gasteiger partial charge is 0.489 e. The minimum Gasteiger partial charge on any atom is -0.489 e. The predicted octanol–water partition coefficient (Wildman–Crippen LogP) is 7.11. The molecule has 0 bridgehead atoms. The van der Waals surface area contributed by atoms with Crippen LogP contribution in [0.5, 0.6) is 5.75 Å². The van der Waals surface area contributed by atoms with Crippen molar-refractivity contribution >= 4 is 34.3 Å². The van der Waals surface area contributed by atoms with Crippen molar-refractivity contribution in [2.45, 2.75) is 59.7 Å². The lowest BCUT2D eigenvalue weighted by molar-refractivity contribution is 0.0579. The number of carbonyl (C=O) groups excluding carboxylic acids is 2. The van der Waals surface area contributed by atoms with E-state index >= 15 is 0 Å². The second kappa shape index (κ2) is 11.8. The summed E-state index contributed by atoms with van der Waals surface area (Å²) in [6.07, 6.45) is 0.928. The van der Waals surface area contributed by atoms with Crippen LogP contribution in [0.1, 0.15) is 67.6 Å². The highest BCUT2D eigenvalue weighted by molar-refractivity contribution is 6.04. The van der Waals surface area contributed by atoms with Crippen molar-refractivity contribution in [3.05, 3.63) is 95.2 Å². The van der Waals surface area contributed by atoms with Gasteiger partial charge >= 0.3 is 6.09 Å². The number of benzene rings is 3. The van der Waals surface area contributed by atoms with E-state index in [4.69, 9.17) is 15.3 Å². The number of nitrogens with zero attached hydrogens (tertiary/aromatic N) is 2. The van der Waals surface area contributed by atoms with Crippen molar-refractivity contribution < 1.29 is 19.1 Å². The van der Waals surface area contributed by atoms with Crippen molar-refractivity contribution in [2.24, 2.45) is 5.84 Å². The molecule has 0 saturated heterocycles. The second-order valence-corrected chi connectivity index (χ2v) is 11.0. The number of carbonyl (C=O) groups is 2.